The van der Waals surface area contributed by atoms with Crippen molar-refractivity contribution in [3.63, 3.8) is 0 Å². The van der Waals surface area contributed by atoms with Gasteiger partial charge in [-0.2, -0.15) is 0 Å². The van der Waals surface area contributed by atoms with Crippen LogP contribution in [-0.4, -0.2) is 79.4 Å². The number of rotatable bonds is 15. The van der Waals surface area contributed by atoms with Crippen LogP contribution in [0.25, 0.3) is 111 Å². The van der Waals surface area contributed by atoms with Crippen LogP contribution in [0, 0.1) is 91.6 Å². The monoisotopic (exact) mass is 2730 g/mol. The van der Waals surface area contributed by atoms with E-state index in [9.17, 15) is 24.0 Å². The summed E-state index contributed by atoms with van der Waals surface area (Å²) >= 11 is 0. The number of benzene rings is 10. The number of nitrogens with zero attached hydrogens (tertiary/aromatic N) is 5. The van der Waals surface area contributed by atoms with Crippen molar-refractivity contribution in [3.8, 4) is 89.7 Å². The van der Waals surface area contributed by atoms with Crippen LogP contribution in [0.5, 0.6) is 0 Å². The zero-order chi connectivity index (χ0) is 97.6. The molecule has 0 saturated carbocycles. The number of aliphatic hydroxyl groups excluding tert-OH is 5. The van der Waals surface area contributed by atoms with Gasteiger partial charge in [0.25, 0.3) is 0 Å². The molecule has 20 heteroatoms. The summed E-state index contributed by atoms with van der Waals surface area (Å²) in [5, 5.41) is 44.2. The number of aryl methyl sites for hydroxylation is 8. The summed E-state index contributed by atoms with van der Waals surface area (Å²) in [4.78, 5) is 73.0. The molecular formula is C118H120Ir5N5O10-5. The van der Waals surface area contributed by atoms with Crippen LogP contribution in [0.1, 0.15) is 133 Å². The van der Waals surface area contributed by atoms with E-state index in [2.05, 4.69) is 271 Å². The molecule has 727 valence electrons. The van der Waals surface area contributed by atoms with E-state index in [4.69, 9.17) is 30.5 Å². The minimum atomic E-state index is -0.125. The van der Waals surface area contributed by atoms with E-state index < -0.39 is 0 Å². The van der Waals surface area contributed by atoms with Crippen LogP contribution in [0.4, 0.5) is 0 Å². The molecule has 0 fully saturated rings. The molecule has 0 spiro atoms. The molecule has 10 aromatic carbocycles. The molecule has 0 bridgehead atoms. The summed E-state index contributed by atoms with van der Waals surface area (Å²) in [6, 6.07) is 108. The number of carbonyl (C=O) groups excluding carboxylic acids is 5. The molecule has 0 atom stereocenters. The molecule has 15 nitrogen and oxygen atoms in total. The topological polar surface area (TPSA) is 251 Å². The molecule has 15 aromatic rings. The molecule has 5 radical (unpaired) electrons. The number of aromatic nitrogens is 5. The van der Waals surface area contributed by atoms with E-state index in [1.54, 1.807) is 0 Å². The number of fused-ring (bicyclic) bond motifs is 2. The van der Waals surface area contributed by atoms with Crippen LogP contribution in [0.3, 0.4) is 0 Å². The second kappa shape index (κ2) is 65.5. The van der Waals surface area contributed by atoms with Gasteiger partial charge in [0, 0.05) is 149 Å². The van der Waals surface area contributed by atoms with Crippen molar-refractivity contribution in [2.75, 3.05) is 0 Å². The van der Waals surface area contributed by atoms with E-state index in [-0.39, 0.29) is 158 Å². The molecule has 138 heavy (non-hydrogen) atoms. The third-order valence-electron chi connectivity index (χ3n) is 18.9. The zero-order valence-corrected chi connectivity index (χ0v) is 93.5. The fraction of sp³-hybridized carbons (Fsp3) is 0.186. The molecule has 5 heterocycles. The van der Waals surface area contributed by atoms with Gasteiger partial charge in [-0.3, -0.25) is 33.9 Å². The van der Waals surface area contributed by atoms with Gasteiger partial charge in [-0.15, -0.1) is 177 Å². The number of para-hydroxylation sites is 1. The Kier molecular flexibility index (Phi) is 58.8. The molecule has 5 N–H and O–H groups in total. The maximum atomic E-state index is 10.0. The maximum absolute atomic E-state index is 10.0. The molecule has 0 amide bonds. The predicted octanol–water partition coefficient (Wildman–Crippen LogP) is 28.9. The SMILES string of the molecule is CC(=O)C=C(C)O.CC(=O)C=C(C)O.CC(=O)C=C(C)O.CC(=O)C=C(C)O.CC(=O)C=C(C)O.Cc1[c-]c(-c2ccc3ccc(CC(C)C)cc3n2)cc(C)c1.Cc1c[c-]c(-c2ccc3ccccc3n2)cc1C.Cc1cc[c-]c(-c2cc(-c3ccccc3)ccn2)c1.Cc1ccc(-c2ccnc(-c3[c-]cccc3)c2)c(C)c1.Cc1ccc(-c2ccnc(-c3[c-]cccc3)c2)cc1.[Ir].[Ir].[Ir].[Ir].[Ir]. The summed E-state index contributed by atoms with van der Waals surface area (Å²) in [6.45, 7) is 35.6. The van der Waals surface area contributed by atoms with Gasteiger partial charge in [0.2, 0.25) is 0 Å². The van der Waals surface area contributed by atoms with Crippen molar-refractivity contribution in [1.82, 2.24) is 24.9 Å². The van der Waals surface area contributed by atoms with Gasteiger partial charge < -0.3 is 40.5 Å². The quantitative estimate of drug-likeness (QED) is 0.0364. The second-order valence-electron chi connectivity index (χ2n) is 32.3. The molecule has 0 aliphatic carbocycles. The van der Waals surface area contributed by atoms with Crippen molar-refractivity contribution >= 4 is 50.7 Å². The zero-order valence-electron chi connectivity index (χ0n) is 81.5. The van der Waals surface area contributed by atoms with Crippen LogP contribution in [0.2, 0.25) is 0 Å². The first kappa shape index (κ1) is 124. The van der Waals surface area contributed by atoms with Crippen molar-refractivity contribution in [1.29, 1.82) is 0 Å². The fourth-order valence-electron chi connectivity index (χ4n) is 13.1. The number of pyridine rings is 5. The van der Waals surface area contributed by atoms with Crippen molar-refractivity contribution < 1.29 is 150 Å². The molecule has 0 unspecified atom stereocenters. The third-order valence-corrected chi connectivity index (χ3v) is 18.9. The van der Waals surface area contributed by atoms with Gasteiger partial charge in [0.1, 0.15) is 0 Å². The number of hydrogen-bond acceptors (Lipinski definition) is 15. The molecule has 5 aromatic heterocycles. The normalized spacial score (nSPS) is 10.5. The molecule has 0 aliphatic rings. The van der Waals surface area contributed by atoms with Crippen molar-refractivity contribution in [3.05, 3.63) is 425 Å². The Morgan fingerprint density at radius 1 is 0.304 bits per heavy atom. The van der Waals surface area contributed by atoms with Gasteiger partial charge in [-0.25, -0.2) is 0 Å². The molecular weight excluding hydrogens is 2610 g/mol. The van der Waals surface area contributed by atoms with Crippen LogP contribution < -0.4 is 0 Å². The number of carbonyl (C=O) groups is 5. The minimum absolute atomic E-state index is 0. The summed E-state index contributed by atoms with van der Waals surface area (Å²) in [5.41, 5.74) is 30.8. The van der Waals surface area contributed by atoms with Gasteiger partial charge in [0.05, 0.1) is 39.8 Å². The average Bonchev–Trinajstić information content (AvgIpc) is 0.816. The van der Waals surface area contributed by atoms with Crippen molar-refractivity contribution in [2.24, 2.45) is 5.92 Å². The number of aliphatic hydroxyl groups is 5. The standard InChI is InChI=1S/C21H22N.C19H16N.2C18H14N.C17H14N.5C5H8O2.5Ir/c1-14(2)9-17-5-6-18-7-8-20(22-21(18)13-17)19-11-15(3)10-16(4)12-19;1-14-8-9-18(15(2)12-14)17-10-11-20-19(13-17)16-6-4-3-5-7-16;1-14-6-5-9-17(12-14)18-13-16(10-11-19-18)15-7-3-2-4-8-15;1-14-7-9-15(10-8-14)17-11-12-19-18(13-17)16-5-3-2-4-6-16;1-12-7-8-15(11-13(12)2)17-10-9-14-5-3-4-6-16(14)18-17;5*1-4(6)3-5(2)7;;;;;/h5-8,10-11,13-14H,9H2,1-4H3;3-6,8-13H,1-2H3;2-8,10-13H,1H3;2-5,7-13H,1H3;3-7,9-11H,1-2H3;5*3,6H,1-2H3;;;;;/q5*-1;;;;;;;;;;. The Morgan fingerprint density at radius 3 is 1.14 bits per heavy atom. The van der Waals surface area contributed by atoms with E-state index >= 15 is 0 Å². The van der Waals surface area contributed by atoms with Gasteiger partial charge >= 0.3 is 0 Å². The number of allylic oxidation sites excluding steroid dienone is 10. The summed E-state index contributed by atoms with van der Waals surface area (Å²) < 4.78 is 0. The summed E-state index contributed by atoms with van der Waals surface area (Å²) in [6.07, 6.45) is 12.5. The Bertz CT molecular complexity index is 6340. The first-order chi connectivity index (χ1) is 63.3. The third kappa shape index (κ3) is 47.7. The summed E-state index contributed by atoms with van der Waals surface area (Å²) in [7, 11) is 0. The van der Waals surface area contributed by atoms with E-state index in [0.29, 0.717) is 5.92 Å². The minimum Gasteiger partial charge on any atom is -0.512 e. The second-order valence-corrected chi connectivity index (χ2v) is 32.3. The van der Waals surface area contributed by atoms with E-state index in [1.165, 1.54) is 188 Å². The van der Waals surface area contributed by atoms with Crippen molar-refractivity contribution in [2.45, 2.75) is 145 Å². The van der Waals surface area contributed by atoms with Gasteiger partial charge in [-0.05, 0) is 216 Å². The first-order valence-corrected chi connectivity index (χ1v) is 43.4. The van der Waals surface area contributed by atoms with Crippen LogP contribution in [-0.2, 0) is 131 Å². The Labute approximate surface area is 883 Å². The first-order valence-electron chi connectivity index (χ1n) is 43.4. The van der Waals surface area contributed by atoms with Crippen LogP contribution >= 0.6 is 0 Å². The summed E-state index contributed by atoms with van der Waals surface area (Å²) in [5.74, 6) is 0.348. The Morgan fingerprint density at radius 2 is 0.703 bits per heavy atom. The van der Waals surface area contributed by atoms with Gasteiger partial charge in [0.15, 0.2) is 28.9 Å². The average molecular weight is 2730 g/mol. The predicted molar refractivity (Wildman–Crippen MR) is 546 cm³/mol. The smallest absolute Gasteiger partial charge is 0.155 e. The molecule has 15 rings (SSSR count). The Balaban J connectivity index is 0.000000788. The maximum Gasteiger partial charge on any atom is 0.155 e. The fourth-order valence-corrected chi connectivity index (χ4v) is 13.1. The van der Waals surface area contributed by atoms with E-state index in [1.807, 2.05) is 134 Å². The van der Waals surface area contributed by atoms with E-state index in [0.717, 1.165) is 79.3 Å². The largest absolute Gasteiger partial charge is 0.512 e. The molecule has 0 saturated heterocycles. The van der Waals surface area contributed by atoms with Gasteiger partial charge in [-0.1, -0.05) is 205 Å². The molecule has 0 aliphatic heterocycles. The Hall–Kier alpha value is -12.2. The number of ketones is 5. The number of hydrogen-bond donors (Lipinski definition) is 5. The van der Waals surface area contributed by atoms with Crippen LogP contribution in [0.15, 0.2) is 345 Å².